The third-order valence-corrected chi connectivity index (χ3v) is 6.05. The minimum atomic E-state index is -0.666. The first-order chi connectivity index (χ1) is 17.4. The van der Waals surface area contributed by atoms with Crippen molar-refractivity contribution in [2.75, 3.05) is 25.1 Å². The predicted molar refractivity (Wildman–Crippen MR) is 138 cm³/mol. The number of rotatable bonds is 9. The summed E-state index contributed by atoms with van der Waals surface area (Å²) in [6, 6.07) is 14.1. The number of carbonyl (C=O) groups excluding carboxylic acids is 2. The van der Waals surface area contributed by atoms with E-state index < -0.39 is 17.4 Å². The molecule has 4 rings (SSSR count). The second-order valence-corrected chi connectivity index (χ2v) is 8.60. The normalized spacial score (nSPS) is 10.8. The molecule has 2 heterocycles. The fourth-order valence-corrected chi connectivity index (χ4v) is 4.42. The van der Waals surface area contributed by atoms with Crippen LogP contribution in [-0.2, 0) is 9.53 Å². The first-order valence-corrected chi connectivity index (χ1v) is 12.2. The molecule has 0 saturated carbocycles. The Balaban J connectivity index is 1.69. The smallest absolute Gasteiger partial charge is 0.359 e. The second kappa shape index (κ2) is 11.0. The zero-order valence-electron chi connectivity index (χ0n) is 20.1. The number of aryl methyl sites for hydroxylation is 1. The van der Waals surface area contributed by atoms with E-state index in [1.165, 1.54) is 0 Å². The molecule has 0 spiro atoms. The lowest BCUT2D eigenvalue weighted by atomic mass is 10.2. The van der Waals surface area contributed by atoms with Crippen LogP contribution in [0.2, 0.25) is 0 Å². The number of aromatic nitrogens is 2. The van der Waals surface area contributed by atoms with Gasteiger partial charge in [-0.05, 0) is 57.2 Å². The third-order valence-electron chi connectivity index (χ3n) is 5.16. The number of amides is 1. The Morgan fingerprint density at radius 3 is 2.31 bits per heavy atom. The van der Waals surface area contributed by atoms with E-state index in [1.807, 2.05) is 26.0 Å². The Kier molecular flexibility index (Phi) is 7.65. The van der Waals surface area contributed by atoms with Gasteiger partial charge in [0.1, 0.15) is 16.5 Å². The van der Waals surface area contributed by atoms with E-state index in [4.69, 9.17) is 14.2 Å². The van der Waals surface area contributed by atoms with Crippen molar-refractivity contribution >= 4 is 39.0 Å². The zero-order chi connectivity index (χ0) is 25.7. The van der Waals surface area contributed by atoms with Gasteiger partial charge in [0.05, 0.1) is 24.3 Å². The number of hydrogen-bond donors (Lipinski definition) is 1. The van der Waals surface area contributed by atoms with Crippen molar-refractivity contribution < 1.29 is 23.8 Å². The summed E-state index contributed by atoms with van der Waals surface area (Å²) in [5.41, 5.74) is 1.000. The van der Waals surface area contributed by atoms with Crippen LogP contribution in [0.5, 0.6) is 11.5 Å². The standard InChI is InChI=1S/C26H25N3O6S/c1-4-33-18-12-8-17(9-13-18)29-25(31)22-20(23(28-29)26(32)34-5-2)15-36-24(22)27-21(30)14-35-19-10-6-16(3)7-11-19/h6-13,15H,4-5,14H2,1-3H3,(H,27,30). The van der Waals surface area contributed by atoms with Gasteiger partial charge in [-0.3, -0.25) is 9.59 Å². The highest BCUT2D eigenvalue weighted by atomic mass is 32.1. The van der Waals surface area contributed by atoms with Gasteiger partial charge in [0, 0.05) is 10.8 Å². The molecular formula is C26H25N3O6S. The molecule has 1 N–H and O–H groups in total. The molecule has 0 fully saturated rings. The molecule has 0 saturated heterocycles. The minimum Gasteiger partial charge on any atom is -0.494 e. The van der Waals surface area contributed by atoms with Crippen molar-refractivity contribution in [1.82, 2.24) is 9.78 Å². The maximum absolute atomic E-state index is 13.5. The number of esters is 1. The van der Waals surface area contributed by atoms with Crippen LogP contribution < -0.4 is 20.3 Å². The lowest BCUT2D eigenvalue weighted by molar-refractivity contribution is -0.118. The average Bonchev–Trinajstić information content (AvgIpc) is 3.29. The lowest BCUT2D eigenvalue weighted by Gasteiger charge is -2.11. The summed E-state index contributed by atoms with van der Waals surface area (Å²) in [5, 5.41) is 9.40. The van der Waals surface area contributed by atoms with Gasteiger partial charge in [0.25, 0.3) is 11.5 Å². The van der Waals surface area contributed by atoms with Crippen molar-refractivity contribution in [3.8, 4) is 17.2 Å². The molecule has 0 unspecified atom stereocenters. The molecule has 2 aromatic carbocycles. The molecule has 9 nitrogen and oxygen atoms in total. The third kappa shape index (κ3) is 5.38. The predicted octanol–water partition coefficient (Wildman–Crippen LogP) is 4.35. The Labute approximate surface area is 211 Å². The number of thiophene rings is 1. The highest BCUT2D eigenvalue weighted by molar-refractivity contribution is 7.16. The van der Waals surface area contributed by atoms with Gasteiger partial charge in [-0.25, -0.2) is 4.79 Å². The number of benzene rings is 2. The number of nitrogens with zero attached hydrogens (tertiary/aromatic N) is 2. The number of anilines is 1. The van der Waals surface area contributed by atoms with Crippen LogP contribution in [0.25, 0.3) is 16.5 Å². The maximum atomic E-state index is 13.5. The van der Waals surface area contributed by atoms with Crippen LogP contribution >= 0.6 is 11.3 Å². The molecule has 0 aliphatic rings. The molecule has 0 radical (unpaired) electrons. The van der Waals surface area contributed by atoms with E-state index in [0.717, 1.165) is 21.6 Å². The molecule has 4 aromatic rings. The summed E-state index contributed by atoms with van der Waals surface area (Å²) in [4.78, 5) is 38.8. The van der Waals surface area contributed by atoms with Gasteiger partial charge in [-0.1, -0.05) is 17.7 Å². The van der Waals surface area contributed by atoms with Gasteiger partial charge < -0.3 is 19.5 Å². The highest BCUT2D eigenvalue weighted by Gasteiger charge is 2.23. The van der Waals surface area contributed by atoms with Gasteiger partial charge in [0.2, 0.25) is 0 Å². The van der Waals surface area contributed by atoms with Gasteiger partial charge in [-0.2, -0.15) is 9.78 Å². The van der Waals surface area contributed by atoms with E-state index in [2.05, 4.69) is 10.4 Å². The fourth-order valence-electron chi connectivity index (χ4n) is 3.46. The Morgan fingerprint density at radius 1 is 0.972 bits per heavy atom. The Hall–Kier alpha value is -4.18. The highest BCUT2D eigenvalue weighted by Crippen LogP contribution is 2.31. The van der Waals surface area contributed by atoms with E-state index in [9.17, 15) is 14.4 Å². The van der Waals surface area contributed by atoms with Crippen molar-refractivity contribution in [2.45, 2.75) is 20.8 Å². The van der Waals surface area contributed by atoms with Gasteiger partial charge in [-0.15, -0.1) is 11.3 Å². The topological polar surface area (TPSA) is 109 Å². The van der Waals surface area contributed by atoms with Crippen molar-refractivity contribution in [3.05, 3.63) is 75.5 Å². The van der Waals surface area contributed by atoms with Crippen LogP contribution in [0.3, 0.4) is 0 Å². The molecular weight excluding hydrogens is 482 g/mol. The molecule has 186 valence electrons. The molecule has 0 aliphatic heterocycles. The first-order valence-electron chi connectivity index (χ1n) is 11.4. The average molecular weight is 508 g/mol. The van der Waals surface area contributed by atoms with E-state index in [1.54, 1.807) is 48.7 Å². The summed E-state index contributed by atoms with van der Waals surface area (Å²) in [6.45, 7) is 5.92. The van der Waals surface area contributed by atoms with Gasteiger partial charge in [0.15, 0.2) is 12.3 Å². The molecule has 0 bridgehead atoms. The van der Waals surface area contributed by atoms with Gasteiger partial charge >= 0.3 is 5.97 Å². The first kappa shape index (κ1) is 24.9. The minimum absolute atomic E-state index is 0.0204. The summed E-state index contributed by atoms with van der Waals surface area (Å²) in [5.74, 6) is 0.0814. The van der Waals surface area contributed by atoms with Crippen LogP contribution in [-0.4, -0.2) is 41.5 Å². The van der Waals surface area contributed by atoms with Crippen LogP contribution in [0, 0.1) is 6.92 Å². The van der Waals surface area contributed by atoms with Crippen molar-refractivity contribution in [1.29, 1.82) is 0 Å². The number of fused-ring (bicyclic) bond motifs is 1. The number of carbonyl (C=O) groups is 2. The maximum Gasteiger partial charge on any atom is 0.359 e. The fraction of sp³-hybridized carbons (Fsp3) is 0.231. The summed E-state index contributed by atoms with van der Waals surface area (Å²) < 4.78 is 17.3. The zero-order valence-corrected chi connectivity index (χ0v) is 20.9. The molecule has 0 aliphatic carbocycles. The molecule has 36 heavy (non-hydrogen) atoms. The molecule has 0 atom stereocenters. The number of nitrogens with one attached hydrogen (secondary N) is 1. The summed E-state index contributed by atoms with van der Waals surface area (Å²) >= 11 is 1.12. The Morgan fingerprint density at radius 2 is 1.64 bits per heavy atom. The molecule has 2 aromatic heterocycles. The van der Waals surface area contributed by atoms with Crippen LogP contribution in [0.15, 0.2) is 58.7 Å². The largest absolute Gasteiger partial charge is 0.494 e. The lowest BCUT2D eigenvalue weighted by Crippen LogP contribution is -2.26. The van der Waals surface area contributed by atoms with E-state index in [0.29, 0.717) is 34.2 Å². The number of hydrogen-bond acceptors (Lipinski definition) is 8. The summed E-state index contributed by atoms with van der Waals surface area (Å²) in [7, 11) is 0. The van der Waals surface area contributed by atoms with Crippen molar-refractivity contribution in [3.63, 3.8) is 0 Å². The summed E-state index contributed by atoms with van der Waals surface area (Å²) in [6.07, 6.45) is 0. The Bertz CT molecular complexity index is 1440. The van der Waals surface area contributed by atoms with Crippen molar-refractivity contribution in [2.24, 2.45) is 0 Å². The quantitative estimate of drug-likeness (QED) is 0.336. The molecule has 10 heteroatoms. The van der Waals surface area contributed by atoms with E-state index in [-0.39, 0.29) is 24.3 Å². The SMILES string of the molecule is CCOC(=O)c1nn(-c2ccc(OCC)cc2)c(=O)c2c(NC(=O)COc3ccc(C)cc3)scc12. The monoisotopic (exact) mass is 507 g/mol. The van der Waals surface area contributed by atoms with E-state index >= 15 is 0 Å². The van der Waals surface area contributed by atoms with Crippen LogP contribution in [0.1, 0.15) is 29.9 Å². The second-order valence-electron chi connectivity index (χ2n) is 7.72. The molecule has 1 amide bonds. The van der Waals surface area contributed by atoms with Crippen LogP contribution in [0.4, 0.5) is 5.00 Å². The number of ether oxygens (including phenoxy) is 3.